The number of rotatable bonds is 2. The molecule has 0 radical (unpaired) electrons. The lowest BCUT2D eigenvalue weighted by molar-refractivity contribution is 1.05. The molecule has 0 aliphatic carbocycles. The van der Waals surface area contributed by atoms with E-state index in [2.05, 4.69) is 26.5 Å². The van der Waals surface area contributed by atoms with Crippen LogP contribution in [0.3, 0.4) is 0 Å². The minimum atomic E-state index is 0.713. The van der Waals surface area contributed by atoms with E-state index in [0.29, 0.717) is 5.02 Å². The summed E-state index contributed by atoms with van der Waals surface area (Å²) >= 11 is 7.50. The summed E-state index contributed by atoms with van der Waals surface area (Å²) in [6.07, 6.45) is 3.55. The van der Waals surface area contributed by atoms with Crippen molar-refractivity contribution < 1.29 is 0 Å². The van der Waals surface area contributed by atoms with Crippen LogP contribution in [0.1, 0.15) is 6.92 Å². The Morgan fingerprint density at radius 1 is 1.25 bits per heavy atom. The summed E-state index contributed by atoms with van der Waals surface area (Å²) in [4.78, 5) is 7.21. The van der Waals surface area contributed by atoms with Crippen molar-refractivity contribution in [2.45, 2.75) is 11.8 Å². The minimum Gasteiger partial charge on any atom is -0.324 e. The van der Waals surface area contributed by atoms with Crippen molar-refractivity contribution in [2.75, 3.05) is 16.8 Å². The maximum Gasteiger partial charge on any atom is 0.215 e. The predicted octanol–water partition coefficient (Wildman–Crippen LogP) is 4.05. The van der Waals surface area contributed by atoms with E-state index in [1.807, 2.05) is 30.3 Å². The summed E-state index contributed by atoms with van der Waals surface area (Å²) in [5.41, 5.74) is 2.04. The molecule has 0 amide bonds. The number of benzene rings is 1. The highest BCUT2D eigenvalue weighted by Crippen LogP contribution is 2.34. The molecule has 6 heteroatoms. The van der Waals surface area contributed by atoms with E-state index in [9.17, 15) is 0 Å². The molecule has 20 heavy (non-hydrogen) atoms. The zero-order chi connectivity index (χ0) is 13.9. The average molecular weight is 305 g/mol. The summed E-state index contributed by atoms with van der Waals surface area (Å²) in [5.74, 6) is 0.804. The molecule has 0 saturated heterocycles. The van der Waals surface area contributed by atoms with E-state index in [0.717, 1.165) is 28.8 Å². The van der Waals surface area contributed by atoms with Gasteiger partial charge in [0.05, 0.1) is 10.6 Å². The van der Waals surface area contributed by atoms with Crippen LogP contribution in [0.4, 0.5) is 11.4 Å². The zero-order valence-corrected chi connectivity index (χ0v) is 12.4. The van der Waals surface area contributed by atoms with Crippen LogP contribution in [0.2, 0.25) is 5.02 Å². The molecule has 0 fully saturated rings. The Labute approximate surface area is 127 Å². The minimum absolute atomic E-state index is 0.713. The number of fused-ring (bicyclic) bond motifs is 1. The summed E-state index contributed by atoms with van der Waals surface area (Å²) in [6.45, 7) is 2.90. The van der Waals surface area contributed by atoms with Gasteiger partial charge in [-0.3, -0.25) is 4.98 Å². The van der Waals surface area contributed by atoms with E-state index in [-0.39, 0.29) is 0 Å². The molecule has 1 N–H and O–H groups in total. The topological polar surface area (TPSA) is 40.5 Å². The number of aromatic nitrogens is 1. The van der Waals surface area contributed by atoms with E-state index in [4.69, 9.17) is 11.6 Å². The number of nitrogens with zero attached hydrogens (tertiary/aromatic N) is 3. The van der Waals surface area contributed by atoms with Crippen molar-refractivity contribution in [3.8, 4) is 0 Å². The molecule has 2 aromatic rings. The van der Waals surface area contributed by atoms with Crippen LogP contribution in [-0.4, -0.2) is 17.5 Å². The highest BCUT2D eigenvalue weighted by Gasteiger charge is 2.18. The van der Waals surface area contributed by atoms with E-state index < -0.39 is 0 Å². The van der Waals surface area contributed by atoms with Crippen molar-refractivity contribution >= 4 is 40.9 Å². The zero-order valence-electron chi connectivity index (χ0n) is 10.9. The smallest absolute Gasteiger partial charge is 0.215 e. The lowest BCUT2D eigenvalue weighted by Crippen LogP contribution is -2.37. The summed E-state index contributed by atoms with van der Waals surface area (Å²) in [7, 11) is 0. The number of pyridine rings is 1. The van der Waals surface area contributed by atoms with Crippen LogP contribution in [0.15, 0.2) is 52.0 Å². The van der Waals surface area contributed by atoms with Gasteiger partial charge in [0.1, 0.15) is 0 Å². The fourth-order valence-corrected chi connectivity index (χ4v) is 2.85. The second-order valence-corrected chi connectivity index (χ2v) is 5.46. The highest BCUT2D eigenvalue weighted by molar-refractivity contribution is 7.98. The fourth-order valence-electron chi connectivity index (χ4n) is 2.01. The molecule has 0 bridgehead atoms. The standard InChI is InChI=1S/C14H13ClN4S/c1-2-19(11-5-7-16-8-6-11)14-17-12-9-10(15)3-4-13(12)20-18-14/h3-9H,2H2,1H3,(H,17,18). The molecule has 3 rings (SSSR count). The Morgan fingerprint density at radius 2 is 2.05 bits per heavy atom. The average Bonchev–Trinajstić information content (AvgIpc) is 2.49. The monoisotopic (exact) mass is 304 g/mol. The molecular weight excluding hydrogens is 292 g/mol. The molecule has 0 unspecified atom stereocenters. The molecule has 1 aliphatic heterocycles. The summed E-state index contributed by atoms with van der Waals surface area (Å²) in [5, 5.41) is 4.05. The third kappa shape index (κ3) is 2.59. The Kier molecular flexibility index (Phi) is 3.80. The normalized spacial score (nSPS) is 13.2. The first kappa shape index (κ1) is 13.3. The van der Waals surface area contributed by atoms with Gasteiger partial charge >= 0.3 is 0 Å². The first-order valence-corrected chi connectivity index (χ1v) is 7.42. The second kappa shape index (κ2) is 5.73. The maximum atomic E-state index is 6.04. The Bertz CT molecular complexity index is 645. The molecule has 2 heterocycles. The Morgan fingerprint density at radius 3 is 2.80 bits per heavy atom. The van der Waals surface area contributed by atoms with Gasteiger partial charge in [-0.2, -0.15) is 4.40 Å². The van der Waals surface area contributed by atoms with Gasteiger partial charge in [0.25, 0.3) is 0 Å². The number of anilines is 2. The van der Waals surface area contributed by atoms with Crippen molar-refractivity contribution in [3.05, 3.63) is 47.7 Å². The molecule has 102 valence electrons. The molecule has 4 nitrogen and oxygen atoms in total. The lowest BCUT2D eigenvalue weighted by Gasteiger charge is -2.28. The maximum absolute atomic E-state index is 6.04. The van der Waals surface area contributed by atoms with Crippen LogP contribution >= 0.6 is 23.5 Å². The van der Waals surface area contributed by atoms with Crippen LogP contribution in [0.5, 0.6) is 0 Å². The lowest BCUT2D eigenvalue weighted by atomic mass is 10.3. The molecule has 0 spiro atoms. The van der Waals surface area contributed by atoms with Crippen LogP contribution in [-0.2, 0) is 0 Å². The Balaban J connectivity index is 1.90. The number of hydrogen-bond donors (Lipinski definition) is 1. The highest BCUT2D eigenvalue weighted by atomic mass is 35.5. The predicted molar refractivity (Wildman–Crippen MR) is 85.6 cm³/mol. The van der Waals surface area contributed by atoms with Gasteiger partial charge in [0, 0.05) is 41.6 Å². The summed E-state index contributed by atoms with van der Waals surface area (Å²) < 4.78 is 4.53. The number of halogens is 1. The van der Waals surface area contributed by atoms with Crippen LogP contribution < -0.4 is 10.2 Å². The molecule has 0 saturated carbocycles. The van der Waals surface area contributed by atoms with Crippen molar-refractivity contribution in [1.29, 1.82) is 0 Å². The van der Waals surface area contributed by atoms with E-state index in [1.54, 1.807) is 12.4 Å². The molecule has 1 aromatic carbocycles. The van der Waals surface area contributed by atoms with Crippen molar-refractivity contribution in [2.24, 2.45) is 4.40 Å². The Hall–Kier alpha value is -1.72. The van der Waals surface area contributed by atoms with Crippen molar-refractivity contribution in [1.82, 2.24) is 4.98 Å². The molecular formula is C14H13ClN4S. The van der Waals surface area contributed by atoms with Gasteiger partial charge in [-0.25, -0.2) is 0 Å². The van der Waals surface area contributed by atoms with Gasteiger partial charge in [-0.05, 0) is 37.3 Å². The van der Waals surface area contributed by atoms with Gasteiger partial charge in [0.15, 0.2) is 0 Å². The second-order valence-electron chi connectivity index (χ2n) is 4.22. The first-order chi connectivity index (χ1) is 9.78. The van der Waals surface area contributed by atoms with Gasteiger partial charge in [-0.1, -0.05) is 11.6 Å². The quantitative estimate of drug-likeness (QED) is 0.850. The summed E-state index contributed by atoms with van der Waals surface area (Å²) in [6, 6.07) is 9.69. The number of nitrogens with one attached hydrogen (secondary N) is 1. The largest absolute Gasteiger partial charge is 0.324 e. The fraction of sp³-hybridized carbons (Fsp3) is 0.143. The first-order valence-electron chi connectivity index (χ1n) is 6.27. The van der Waals surface area contributed by atoms with Crippen molar-refractivity contribution in [3.63, 3.8) is 0 Å². The van der Waals surface area contributed by atoms with Gasteiger partial charge < -0.3 is 10.2 Å². The molecule has 1 aromatic heterocycles. The number of hydrogen-bond acceptors (Lipinski definition) is 5. The third-order valence-corrected chi connectivity index (χ3v) is 4.02. The molecule has 1 aliphatic rings. The van der Waals surface area contributed by atoms with Crippen LogP contribution in [0.25, 0.3) is 0 Å². The number of guanidine groups is 1. The van der Waals surface area contributed by atoms with E-state index >= 15 is 0 Å². The molecule has 0 atom stereocenters. The third-order valence-electron chi connectivity index (χ3n) is 2.96. The van der Waals surface area contributed by atoms with Crippen LogP contribution in [0, 0.1) is 0 Å². The van der Waals surface area contributed by atoms with E-state index in [1.165, 1.54) is 11.9 Å². The van der Waals surface area contributed by atoms with Gasteiger partial charge in [-0.15, -0.1) is 0 Å². The SMILES string of the molecule is CCN(C1=NSc2ccc(Cl)cc2N1)c1ccncc1. The van der Waals surface area contributed by atoms with Gasteiger partial charge in [0.2, 0.25) is 5.96 Å².